The fraction of sp³-hybridized carbons (Fsp3) is 0.390. The van der Waals surface area contributed by atoms with Gasteiger partial charge >= 0.3 is 7.12 Å². The molecule has 1 aliphatic carbocycles. The van der Waals surface area contributed by atoms with Gasteiger partial charge in [-0.3, -0.25) is 18.8 Å². The number of nitrogens with zero attached hydrogens (tertiary/aromatic N) is 5. The summed E-state index contributed by atoms with van der Waals surface area (Å²) in [4.78, 5) is 33.8. The van der Waals surface area contributed by atoms with Crippen LogP contribution in [0.4, 0.5) is 40.8 Å². The largest absolute Gasteiger partial charge is 0.494 e. The highest BCUT2D eigenvalue weighted by Gasteiger charge is 2.52. The summed E-state index contributed by atoms with van der Waals surface area (Å²) in [6.45, 7) is 4.93. The number of carbonyl (C=O) groups excluding carboxylic acids is 1. The van der Waals surface area contributed by atoms with Crippen molar-refractivity contribution in [2.24, 2.45) is 10.1 Å². The van der Waals surface area contributed by atoms with E-state index < -0.39 is 136 Å². The van der Waals surface area contributed by atoms with Gasteiger partial charge in [0, 0.05) is 12.5 Å². The van der Waals surface area contributed by atoms with Gasteiger partial charge in [-0.05, 0) is 94.0 Å². The highest BCUT2D eigenvalue weighted by atomic mass is 35.5. The number of hydrogen-bond acceptors (Lipinski definition) is 9. The van der Waals surface area contributed by atoms with E-state index in [0.717, 1.165) is 28.8 Å². The summed E-state index contributed by atoms with van der Waals surface area (Å²) in [5, 5.41) is 7.08. The maximum absolute atomic E-state index is 15.1. The van der Waals surface area contributed by atoms with Gasteiger partial charge < -0.3 is 25.7 Å². The Labute approximate surface area is 376 Å². The molecule has 1 atom stereocenters. The Hall–Kier alpha value is -5.59. The third kappa shape index (κ3) is 10.1. The van der Waals surface area contributed by atoms with E-state index in [1.54, 1.807) is 27.7 Å². The molecule has 14 nitrogen and oxygen atoms in total. The highest BCUT2D eigenvalue weighted by molar-refractivity contribution is 7.91. The van der Waals surface area contributed by atoms with Gasteiger partial charge in [-0.15, -0.1) is 4.40 Å². The van der Waals surface area contributed by atoms with Gasteiger partial charge in [0.2, 0.25) is 5.91 Å². The fourth-order valence-electron chi connectivity index (χ4n) is 7.20. The summed E-state index contributed by atoms with van der Waals surface area (Å²) in [7, 11) is -5.24. The van der Waals surface area contributed by atoms with Gasteiger partial charge in [0.05, 0.1) is 61.9 Å². The van der Waals surface area contributed by atoms with Crippen molar-refractivity contribution >= 4 is 62.5 Å². The molecule has 1 saturated carbocycles. The second-order valence-corrected chi connectivity index (χ2v) is 18.9. The maximum atomic E-state index is 15.1. The molecule has 2 aromatic heterocycles. The van der Waals surface area contributed by atoms with Crippen LogP contribution in [0.15, 0.2) is 63.8 Å². The van der Waals surface area contributed by atoms with Crippen LogP contribution in [0.5, 0.6) is 0 Å². The SMILES string of the molecule is CC1(C)OB(c2ccc3c(=O)n(-c4ccc(Cl)c(C(N)=NS(=O)(=O)C5CC5)c4NCC(F)F)c(C(Cc4cc(F)cc(F)c4)NC(=O)Cn4nc(C(F)F)cc4C(F)F)nc3c2)OC1(C)C. The molecule has 25 heteroatoms. The third-order valence-electron chi connectivity index (χ3n) is 11.3. The van der Waals surface area contributed by atoms with Crippen molar-refractivity contribution in [3.05, 3.63) is 110 Å². The monoisotopic (exact) mass is 970 g/mol. The predicted octanol–water partition coefficient (Wildman–Crippen LogP) is 6.66. The number of amidine groups is 1. The standard InChI is InChI=1S/C41H40BClF8N8O6S/c1-40(2)41(3,4)65-42(64-40)20-5-8-24-26(14-20)55-38(28(13-19-11-21(44)15-22(45)12-19)54-32(60)18-58-30(36(50)51)16-27(56-58)35(48)49)59(39(24)61)29-10-9-25(43)33(34(29)53-17-31(46)47)37(52)57-66(62,63)23-6-7-23/h5,8-12,14-16,23,28,31,35-36,53H,6-7,13,17-18H2,1-4H3,(H2,52,57)(H,54,60). The van der Waals surface area contributed by atoms with Gasteiger partial charge in [0.25, 0.3) is 34.9 Å². The number of aromatic nitrogens is 4. The molecule has 352 valence electrons. The van der Waals surface area contributed by atoms with Crippen molar-refractivity contribution in [1.29, 1.82) is 0 Å². The molecular formula is C41H40BClF8N8O6S. The van der Waals surface area contributed by atoms with Crippen LogP contribution in [0, 0.1) is 11.6 Å². The number of amides is 1. The Morgan fingerprint density at radius 2 is 1.62 bits per heavy atom. The van der Waals surface area contributed by atoms with E-state index in [9.17, 15) is 48.3 Å². The van der Waals surface area contributed by atoms with E-state index in [0.29, 0.717) is 22.3 Å². The van der Waals surface area contributed by atoms with Crippen LogP contribution >= 0.6 is 11.6 Å². The van der Waals surface area contributed by atoms with Crippen LogP contribution < -0.4 is 27.4 Å². The van der Waals surface area contributed by atoms with E-state index in [1.807, 2.05) is 0 Å². The van der Waals surface area contributed by atoms with E-state index in [2.05, 4.69) is 20.1 Å². The molecule has 3 aromatic carbocycles. The van der Waals surface area contributed by atoms with Crippen molar-refractivity contribution in [2.45, 2.75) is 95.3 Å². The van der Waals surface area contributed by atoms with Crippen LogP contribution in [-0.4, -0.2) is 76.0 Å². The number of nitrogens with one attached hydrogen (secondary N) is 2. The molecule has 0 bridgehead atoms. The number of hydrogen-bond donors (Lipinski definition) is 3. The zero-order chi connectivity index (χ0) is 48.2. The van der Waals surface area contributed by atoms with E-state index >= 15 is 4.79 Å². The molecule has 1 saturated heterocycles. The minimum atomic E-state index is -4.23. The van der Waals surface area contributed by atoms with Crippen molar-refractivity contribution in [3.8, 4) is 5.69 Å². The van der Waals surface area contributed by atoms with Crippen molar-refractivity contribution in [3.63, 3.8) is 0 Å². The molecular weight excluding hydrogens is 931 g/mol. The Morgan fingerprint density at radius 3 is 2.21 bits per heavy atom. The molecule has 0 radical (unpaired) electrons. The first-order chi connectivity index (χ1) is 30.8. The first-order valence-corrected chi connectivity index (χ1v) is 22.0. The Bertz CT molecular complexity index is 2880. The molecule has 1 amide bonds. The minimum Gasteiger partial charge on any atom is -0.399 e. The number of anilines is 1. The van der Waals surface area contributed by atoms with Gasteiger partial charge in [0.1, 0.15) is 41.2 Å². The summed E-state index contributed by atoms with van der Waals surface area (Å²) < 4.78 is 156. The van der Waals surface area contributed by atoms with Crippen molar-refractivity contribution in [1.82, 2.24) is 24.6 Å². The summed E-state index contributed by atoms with van der Waals surface area (Å²) in [5.41, 5.74) is 0.353. The molecule has 3 heterocycles. The number of fused-ring (bicyclic) bond motifs is 1. The molecule has 0 spiro atoms. The summed E-state index contributed by atoms with van der Waals surface area (Å²) >= 11 is 6.57. The lowest BCUT2D eigenvalue weighted by molar-refractivity contribution is -0.122. The minimum absolute atomic E-state index is 0.0929. The van der Waals surface area contributed by atoms with Gasteiger partial charge in [0.15, 0.2) is 0 Å². The van der Waals surface area contributed by atoms with Gasteiger partial charge in [-0.2, -0.15) is 5.10 Å². The fourth-order valence-corrected chi connectivity index (χ4v) is 8.71. The molecule has 2 fully saturated rings. The summed E-state index contributed by atoms with van der Waals surface area (Å²) in [5.74, 6) is -4.59. The van der Waals surface area contributed by atoms with E-state index in [-0.39, 0.29) is 40.0 Å². The Morgan fingerprint density at radius 1 is 0.970 bits per heavy atom. The smallest absolute Gasteiger partial charge is 0.399 e. The average Bonchev–Trinajstić information content (AvgIpc) is 3.95. The third-order valence-corrected chi connectivity index (χ3v) is 13.3. The number of nitrogens with two attached hydrogens (primary N) is 1. The zero-order valence-corrected chi connectivity index (χ0v) is 36.8. The molecule has 4 N–H and O–H groups in total. The van der Waals surface area contributed by atoms with Crippen LogP contribution in [0.2, 0.25) is 5.02 Å². The second kappa shape index (κ2) is 18.2. The normalized spacial score (nSPS) is 16.8. The van der Waals surface area contributed by atoms with Crippen molar-refractivity contribution in [2.75, 3.05) is 11.9 Å². The molecule has 66 heavy (non-hydrogen) atoms. The molecule has 1 unspecified atom stereocenters. The lowest BCUT2D eigenvalue weighted by atomic mass is 9.79. The van der Waals surface area contributed by atoms with Gasteiger partial charge in [-0.1, -0.05) is 17.7 Å². The van der Waals surface area contributed by atoms with Crippen molar-refractivity contribution < 1.29 is 57.6 Å². The number of alkyl halides is 6. The first kappa shape index (κ1) is 48.4. The predicted molar refractivity (Wildman–Crippen MR) is 228 cm³/mol. The number of halogens is 9. The quantitative estimate of drug-likeness (QED) is 0.0418. The van der Waals surface area contributed by atoms with E-state index in [4.69, 9.17) is 31.6 Å². The number of rotatable bonds is 16. The van der Waals surface area contributed by atoms with Gasteiger partial charge in [-0.25, -0.2) is 48.5 Å². The van der Waals surface area contributed by atoms with Crippen LogP contribution in [0.25, 0.3) is 16.6 Å². The average molecular weight is 971 g/mol. The molecule has 1 aliphatic heterocycles. The van der Waals surface area contributed by atoms with Crippen LogP contribution in [-0.2, 0) is 37.1 Å². The second-order valence-electron chi connectivity index (χ2n) is 16.6. The Kier molecular flexibility index (Phi) is 13.4. The Balaban J connectivity index is 1.49. The lowest BCUT2D eigenvalue weighted by Gasteiger charge is -2.32. The first-order valence-electron chi connectivity index (χ1n) is 20.1. The topological polar surface area (TPSA) is 185 Å². The molecule has 2 aliphatic rings. The number of benzene rings is 3. The highest BCUT2D eigenvalue weighted by Crippen LogP contribution is 2.38. The van der Waals surface area contributed by atoms with Crippen LogP contribution in [0.1, 0.15) is 87.8 Å². The number of carbonyl (C=O) groups is 1. The maximum Gasteiger partial charge on any atom is 0.494 e. The zero-order valence-electron chi connectivity index (χ0n) is 35.3. The summed E-state index contributed by atoms with van der Waals surface area (Å²) in [6, 6.07) is 7.58. The molecule has 5 aromatic rings. The number of sulfonamides is 1. The van der Waals surface area contributed by atoms with Crippen LogP contribution in [0.3, 0.4) is 0 Å². The lowest BCUT2D eigenvalue weighted by Crippen LogP contribution is -2.41. The van der Waals surface area contributed by atoms with E-state index in [1.165, 1.54) is 18.2 Å². The molecule has 7 rings (SSSR count). The summed E-state index contributed by atoms with van der Waals surface area (Å²) in [6.07, 6.45) is -9.81.